The zero-order valence-corrected chi connectivity index (χ0v) is 14.9. The van der Waals surface area contributed by atoms with Crippen LogP contribution in [0.4, 0.5) is 0 Å². The topological polar surface area (TPSA) is 38.0 Å². The van der Waals surface area contributed by atoms with Gasteiger partial charge in [-0.05, 0) is 38.0 Å². The Balaban J connectivity index is 2.43. The van der Waals surface area contributed by atoms with E-state index < -0.39 is 5.60 Å². The molecule has 0 radical (unpaired) electrons. The van der Waals surface area contributed by atoms with E-state index in [-0.39, 0.29) is 0 Å². The Kier molecular flexibility index (Phi) is 5.12. The van der Waals surface area contributed by atoms with E-state index in [4.69, 9.17) is 11.6 Å². The van der Waals surface area contributed by atoms with E-state index in [9.17, 15) is 5.11 Å². The van der Waals surface area contributed by atoms with Crippen molar-refractivity contribution >= 4 is 27.5 Å². The van der Waals surface area contributed by atoms with Crippen LogP contribution < -0.4 is 0 Å². The summed E-state index contributed by atoms with van der Waals surface area (Å²) in [5, 5.41) is 16.2. The molecule has 0 aliphatic carbocycles. The van der Waals surface area contributed by atoms with Gasteiger partial charge in [0.1, 0.15) is 0 Å². The maximum Gasteiger partial charge on any atom is 0.0949 e. The highest BCUT2D eigenvalue weighted by atomic mass is 79.9. The molecule has 3 nitrogen and oxygen atoms in total. The SMILES string of the molecule is CCn1nc(C)c(Cl)c1CC(O)(CC)c1cccc(Br)c1. The molecule has 21 heavy (non-hydrogen) atoms. The van der Waals surface area contributed by atoms with Gasteiger partial charge in [0.05, 0.1) is 22.0 Å². The van der Waals surface area contributed by atoms with Crippen molar-refractivity contribution in [2.24, 2.45) is 0 Å². The molecule has 114 valence electrons. The minimum absolute atomic E-state index is 0.452. The lowest BCUT2D eigenvalue weighted by Gasteiger charge is -2.28. The molecule has 0 fully saturated rings. The number of aliphatic hydroxyl groups is 1. The van der Waals surface area contributed by atoms with E-state index in [0.29, 0.717) is 17.9 Å². The van der Waals surface area contributed by atoms with Gasteiger partial charge in [-0.15, -0.1) is 0 Å². The van der Waals surface area contributed by atoms with Gasteiger partial charge in [-0.2, -0.15) is 5.10 Å². The Labute approximate surface area is 139 Å². The Bertz CT molecular complexity index is 641. The molecule has 0 saturated heterocycles. The normalized spacial score (nSPS) is 14.2. The van der Waals surface area contributed by atoms with E-state index in [0.717, 1.165) is 28.0 Å². The van der Waals surface area contributed by atoms with E-state index in [1.165, 1.54) is 0 Å². The highest BCUT2D eigenvalue weighted by molar-refractivity contribution is 9.10. The largest absolute Gasteiger partial charge is 0.385 e. The summed E-state index contributed by atoms with van der Waals surface area (Å²) in [6.07, 6.45) is 1.06. The minimum Gasteiger partial charge on any atom is -0.385 e. The minimum atomic E-state index is -0.952. The first kappa shape index (κ1) is 16.5. The van der Waals surface area contributed by atoms with Crippen molar-refractivity contribution in [2.45, 2.75) is 45.8 Å². The fourth-order valence-electron chi connectivity index (χ4n) is 2.52. The highest BCUT2D eigenvalue weighted by Crippen LogP contribution is 2.33. The zero-order chi connectivity index (χ0) is 15.6. The molecule has 2 aromatic rings. The van der Waals surface area contributed by atoms with E-state index in [2.05, 4.69) is 21.0 Å². The lowest BCUT2D eigenvalue weighted by molar-refractivity contribution is 0.0306. The van der Waals surface area contributed by atoms with Crippen LogP contribution in [0.25, 0.3) is 0 Å². The highest BCUT2D eigenvalue weighted by Gasteiger charge is 2.31. The number of hydrogen-bond acceptors (Lipinski definition) is 2. The summed E-state index contributed by atoms with van der Waals surface area (Å²) in [6.45, 7) is 6.63. The van der Waals surface area contributed by atoms with Gasteiger partial charge >= 0.3 is 0 Å². The molecule has 1 heterocycles. The standard InChI is InChI=1S/C16H20BrClN2O/c1-4-16(21,12-7-6-8-13(17)9-12)10-14-15(18)11(3)19-20(14)5-2/h6-9,21H,4-5,10H2,1-3H3. The number of benzene rings is 1. The average Bonchev–Trinajstić information content (AvgIpc) is 2.74. The molecule has 5 heteroatoms. The van der Waals surface area contributed by atoms with Gasteiger partial charge < -0.3 is 5.11 Å². The summed E-state index contributed by atoms with van der Waals surface area (Å²) in [7, 11) is 0. The van der Waals surface area contributed by atoms with Crippen LogP contribution in [0.3, 0.4) is 0 Å². The van der Waals surface area contributed by atoms with Crippen molar-refractivity contribution in [3.8, 4) is 0 Å². The first-order valence-electron chi connectivity index (χ1n) is 7.11. The third kappa shape index (κ3) is 3.33. The Morgan fingerprint density at radius 2 is 2.10 bits per heavy atom. The summed E-state index contributed by atoms with van der Waals surface area (Å²) < 4.78 is 2.83. The molecule has 1 atom stereocenters. The van der Waals surface area contributed by atoms with Gasteiger partial charge in [0.15, 0.2) is 0 Å². The molecule has 1 unspecified atom stereocenters. The monoisotopic (exact) mass is 370 g/mol. The number of halogens is 2. The molecule has 0 saturated carbocycles. The molecule has 0 bridgehead atoms. The third-order valence-corrected chi connectivity index (χ3v) is 4.84. The fourth-order valence-corrected chi connectivity index (χ4v) is 3.13. The second-order valence-corrected chi connectivity index (χ2v) is 6.53. The second-order valence-electron chi connectivity index (χ2n) is 5.23. The van der Waals surface area contributed by atoms with Crippen LogP contribution >= 0.6 is 27.5 Å². The molecule has 1 aromatic carbocycles. The van der Waals surface area contributed by atoms with E-state index in [1.54, 1.807) is 0 Å². The zero-order valence-electron chi connectivity index (χ0n) is 12.5. The molecule has 1 N–H and O–H groups in total. The first-order chi connectivity index (χ1) is 9.91. The lowest BCUT2D eigenvalue weighted by Crippen LogP contribution is -2.29. The molecule has 0 spiro atoms. The molecule has 1 aromatic heterocycles. The molecular formula is C16H20BrClN2O. The van der Waals surface area contributed by atoms with E-state index in [1.807, 2.05) is 49.7 Å². The van der Waals surface area contributed by atoms with Crippen LogP contribution in [-0.4, -0.2) is 14.9 Å². The third-order valence-electron chi connectivity index (χ3n) is 3.86. The van der Waals surface area contributed by atoms with Crippen LogP contribution in [0.15, 0.2) is 28.7 Å². The van der Waals surface area contributed by atoms with Gasteiger partial charge in [0.2, 0.25) is 0 Å². The van der Waals surface area contributed by atoms with Crippen LogP contribution in [0, 0.1) is 6.92 Å². The van der Waals surface area contributed by atoms with Gasteiger partial charge in [0, 0.05) is 17.4 Å². The van der Waals surface area contributed by atoms with Gasteiger partial charge in [-0.25, -0.2) is 0 Å². The van der Waals surface area contributed by atoms with Crippen molar-refractivity contribution in [2.75, 3.05) is 0 Å². The number of aromatic nitrogens is 2. The number of aryl methyl sites for hydroxylation is 2. The summed E-state index contributed by atoms with van der Waals surface area (Å²) >= 11 is 9.83. The smallest absolute Gasteiger partial charge is 0.0949 e. The van der Waals surface area contributed by atoms with Gasteiger partial charge in [0.25, 0.3) is 0 Å². The summed E-state index contributed by atoms with van der Waals surface area (Å²) in [4.78, 5) is 0. The summed E-state index contributed by atoms with van der Waals surface area (Å²) in [5.74, 6) is 0. The van der Waals surface area contributed by atoms with Crippen molar-refractivity contribution in [1.82, 2.24) is 9.78 Å². The van der Waals surface area contributed by atoms with Crippen molar-refractivity contribution in [3.05, 3.63) is 50.7 Å². The number of rotatable bonds is 5. The molecule has 0 aliphatic heterocycles. The maximum atomic E-state index is 11.1. The molecule has 0 amide bonds. The quantitative estimate of drug-likeness (QED) is 0.842. The van der Waals surface area contributed by atoms with Crippen LogP contribution in [-0.2, 0) is 18.6 Å². The Morgan fingerprint density at radius 1 is 1.38 bits per heavy atom. The predicted molar refractivity (Wildman–Crippen MR) is 89.7 cm³/mol. The Hall–Kier alpha value is -0.840. The maximum absolute atomic E-state index is 11.1. The lowest BCUT2D eigenvalue weighted by atomic mass is 9.86. The summed E-state index contributed by atoms with van der Waals surface area (Å²) in [5.41, 5.74) is 1.63. The van der Waals surface area contributed by atoms with E-state index >= 15 is 0 Å². The first-order valence-corrected chi connectivity index (χ1v) is 8.28. The Morgan fingerprint density at radius 3 is 2.67 bits per heavy atom. The van der Waals surface area contributed by atoms with Crippen LogP contribution in [0.5, 0.6) is 0 Å². The molecule has 2 rings (SSSR count). The van der Waals surface area contributed by atoms with Crippen LogP contribution in [0.1, 0.15) is 37.2 Å². The van der Waals surface area contributed by atoms with Crippen LogP contribution in [0.2, 0.25) is 5.02 Å². The second kappa shape index (κ2) is 6.51. The number of nitrogens with zero attached hydrogens (tertiary/aromatic N) is 2. The molecular weight excluding hydrogens is 352 g/mol. The van der Waals surface area contributed by atoms with Gasteiger partial charge in [-0.3, -0.25) is 4.68 Å². The van der Waals surface area contributed by atoms with Crippen molar-refractivity contribution in [1.29, 1.82) is 0 Å². The van der Waals surface area contributed by atoms with Crippen molar-refractivity contribution in [3.63, 3.8) is 0 Å². The average molecular weight is 372 g/mol. The fraction of sp³-hybridized carbons (Fsp3) is 0.438. The summed E-state index contributed by atoms with van der Waals surface area (Å²) in [6, 6.07) is 7.79. The number of hydrogen-bond donors (Lipinski definition) is 1. The van der Waals surface area contributed by atoms with Crippen molar-refractivity contribution < 1.29 is 5.11 Å². The van der Waals surface area contributed by atoms with Gasteiger partial charge in [-0.1, -0.05) is 46.6 Å². The molecule has 0 aliphatic rings. The predicted octanol–water partition coefficient (Wildman–Crippen LogP) is 4.47.